The van der Waals surface area contributed by atoms with E-state index in [0.717, 1.165) is 24.3 Å². The van der Waals surface area contributed by atoms with Gasteiger partial charge < -0.3 is 10.1 Å². The second-order valence-corrected chi connectivity index (χ2v) is 7.62. The van der Waals surface area contributed by atoms with Gasteiger partial charge in [0.05, 0.1) is 12.4 Å². The molecule has 0 saturated heterocycles. The van der Waals surface area contributed by atoms with E-state index in [2.05, 4.69) is 19.2 Å². The predicted octanol–water partition coefficient (Wildman–Crippen LogP) is 2.95. The molecule has 0 bridgehead atoms. The van der Waals surface area contributed by atoms with Crippen LogP contribution in [0.1, 0.15) is 45.2 Å². The van der Waals surface area contributed by atoms with Gasteiger partial charge in [0.15, 0.2) is 0 Å². The lowest BCUT2D eigenvalue weighted by Crippen LogP contribution is -2.20. The van der Waals surface area contributed by atoms with Crippen LogP contribution < -0.4 is 10.1 Å². The molecule has 21 heavy (non-hydrogen) atoms. The molecule has 4 nitrogen and oxygen atoms in total. The number of rotatable bonds is 10. The summed E-state index contributed by atoms with van der Waals surface area (Å²) in [5.74, 6) is 1.22. The van der Waals surface area contributed by atoms with E-state index in [4.69, 9.17) is 4.74 Å². The summed E-state index contributed by atoms with van der Waals surface area (Å²) in [5, 5.41) is 3.44. The first-order valence-electron chi connectivity index (χ1n) is 7.65. The number of para-hydroxylation sites is 1. The number of benzene rings is 1. The molecule has 0 aliphatic heterocycles. The van der Waals surface area contributed by atoms with Gasteiger partial charge in [0.1, 0.15) is 15.6 Å². The minimum Gasteiger partial charge on any atom is -0.493 e. The Bertz CT molecular complexity index is 514. The molecule has 0 radical (unpaired) electrons. The molecule has 1 aromatic carbocycles. The summed E-state index contributed by atoms with van der Waals surface area (Å²) in [6.45, 7) is 7.31. The fourth-order valence-corrected chi connectivity index (χ4v) is 2.89. The van der Waals surface area contributed by atoms with Gasteiger partial charge in [-0.2, -0.15) is 0 Å². The van der Waals surface area contributed by atoms with Gasteiger partial charge in [0.25, 0.3) is 0 Å². The summed E-state index contributed by atoms with van der Waals surface area (Å²) in [6, 6.07) is 8.14. The molecule has 0 aliphatic rings. The number of ether oxygens (including phenoxy) is 1. The van der Waals surface area contributed by atoms with Crippen LogP contribution in [0.3, 0.4) is 0 Å². The monoisotopic (exact) mass is 313 g/mol. The van der Waals surface area contributed by atoms with Crippen LogP contribution in [0.5, 0.6) is 5.75 Å². The largest absolute Gasteiger partial charge is 0.493 e. The Balaban J connectivity index is 2.55. The second kappa shape index (κ2) is 9.05. The molecule has 5 heteroatoms. The molecule has 1 atom stereocenters. The van der Waals surface area contributed by atoms with Crippen LogP contribution in [0.2, 0.25) is 0 Å². The highest BCUT2D eigenvalue weighted by Gasteiger charge is 2.11. The molecular weight excluding hydrogens is 286 g/mol. The van der Waals surface area contributed by atoms with E-state index in [9.17, 15) is 8.42 Å². The van der Waals surface area contributed by atoms with Gasteiger partial charge in [-0.15, -0.1) is 0 Å². The first kappa shape index (κ1) is 18.0. The predicted molar refractivity (Wildman–Crippen MR) is 87.6 cm³/mol. The Hall–Kier alpha value is -1.07. The van der Waals surface area contributed by atoms with Gasteiger partial charge in [-0.3, -0.25) is 0 Å². The SMILES string of the molecule is CCCNC(C)c1ccccc1OCCCS(=O)(=O)CC. The minimum absolute atomic E-state index is 0.190. The molecule has 1 unspecified atom stereocenters. The van der Waals surface area contributed by atoms with Crippen molar-refractivity contribution in [3.05, 3.63) is 29.8 Å². The van der Waals surface area contributed by atoms with Crippen molar-refractivity contribution in [3.8, 4) is 5.75 Å². The number of nitrogens with one attached hydrogen (secondary N) is 1. The Morgan fingerprint density at radius 2 is 1.95 bits per heavy atom. The molecule has 1 N–H and O–H groups in total. The lowest BCUT2D eigenvalue weighted by molar-refractivity contribution is 0.311. The zero-order chi connectivity index (χ0) is 15.7. The van der Waals surface area contributed by atoms with Crippen molar-refractivity contribution in [2.45, 2.75) is 39.7 Å². The van der Waals surface area contributed by atoms with Gasteiger partial charge in [-0.25, -0.2) is 8.42 Å². The van der Waals surface area contributed by atoms with Crippen molar-refractivity contribution >= 4 is 9.84 Å². The van der Waals surface area contributed by atoms with E-state index in [1.165, 1.54) is 0 Å². The van der Waals surface area contributed by atoms with Crippen molar-refractivity contribution in [1.29, 1.82) is 0 Å². The minimum atomic E-state index is -2.90. The van der Waals surface area contributed by atoms with Crippen molar-refractivity contribution < 1.29 is 13.2 Å². The van der Waals surface area contributed by atoms with E-state index < -0.39 is 9.84 Å². The van der Waals surface area contributed by atoms with Gasteiger partial charge in [-0.1, -0.05) is 32.0 Å². The van der Waals surface area contributed by atoms with Gasteiger partial charge in [0, 0.05) is 17.4 Å². The van der Waals surface area contributed by atoms with Crippen LogP contribution in [0.15, 0.2) is 24.3 Å². The Morgan fingerprint density at radius 3 is 2.62 bits per heavy atom. The first-order chi connectivity index (χ1) is 10.00. The molecule has 0 aromatic heterocycles. The van der Waals surface area contributed by atoms with Crippen molar-refractivity contribution in [3.63, 3.8) is 0 Å². The molecule has 0 aliphatic carbocycles. The summed E-state index contributed by atoms with van der Waals surface area (Å²) in [4.78, 5) is 0. The van der Waals surface area contributed by atoms with E-state index in [1.807, 2.05) is 24.3 Å². The third kappa shape index (κ3) is 6.48. The number of hydrogen-bond donors (Lipinski definition) is 1. The zero-order valence-electron chi connectivity index (χ0n) is 13.3. The van der Waals surface area contributed by atoms with Crippen LogP contribution >= 0.6 is 0 Å². The zero-order valence-corrected chi connectivity index (χ0v) is 14.1. The molecule has 0 amide bonds. The molecular formula is C16H27NO3S. The molecule has 0 fully saturated rings. The standard InChI is InChI=1S/C16H27NO3S/c1-4-11-17-14(3)15-9-6-7-10-16(15)20-12-8-13-21(18,19)5-2/h6-7,9-10,14,17H,4-5,8,11-13H2,1-3H3. The third-order valence-electron chi connectivity index (χ3n) is 3.38. The Labute approximate surface area is 128 Å². The normalized spacial score (nSPS) is 13.1. The second-order valence-electron chi connectivity index (χ2n) is 5.15. The third-order valence-corrected chi connectivity index (χ3v) is 5.17. The van der Waals surface area contributed by atoms with Crippen LogP contribution in [-0.2, 0) is 9.84 Å². The fourth-order valence-electron chi connectivity index (χ4n) is 2.05. The smallest absolute Gasteiger partial charge is 0.150 e. The van der Waals surface area contributed by atoms with E-state index in [0.29, 0.717) is 13.0 Å². The fraction of sp³-hybridized carbons (Fsp3) is 0.625. The topological polar surface area (TPSA) is 55.4 Å². The lowest BCUT2D eigenvalue weighted by atomic mass is 10.1. The van der Waals surface area contributed by atoms with Crippen LogP contribution in [0, 0.1) is 0 Å². The summed E-state index contributed by atoms with van der Waals surface area (Å²) in [6.07, 6.45) is 1.61. The van der Waals surface area contributed by atoms with Gasteiger partial charge >= 0.3 is 0 Å². The first-order valence-corrected chi connectivity index (χ1v) is 9.47. The quantitative estimate of drug-likeness (QED) is 0.675. The van der Waals surface area contributed by atoms with E-state index in [-0.39, 0.29) is 17.5 Å². The highest BCUT2D eigenvalue weighted by Crippen LogP contribution is 2.24. The highest BCUT2D eigenvalue weighted by atomic mass is 32.2. The summed E-state index contributed by atoms with van der Waals surface area (Å²) in [7, 11) is -2.90. The molecule has 120 valence electrons. The maximum absolute atomic E-state index is 11.4. The number of sulfone groups is 1. The van der Waals surface area contributed by atoms with Gasteiger partial charge in [0.2, 0.25) is 0 Å². The highest BCUT2D eigenvalue weighted by molar-refractivity contribution is 7.91. The van der Waals surface area contributed by atoms with Crippen LogP contribution in [0.25, 0.3) is 0 Å². The van der Waals surface area contributed by atoms with Crippen LogP contribution in [-0.4, -0.2) is 33.1 Å². The summed E-state index contributed by atoms with van der Waals surface area (Å²) in [5.41, 5.74) is 1.12. The molecule has 0 spiro atoms. The average molecular weight is 313 g/mol. The maximum atomic E-state index is 11.4. The number of hydrogen-bond acceptors (Lipinski definition) is 4. The summed E-state index contributed by atoms with van der Waals surface area (Å²) < 4.78 is 28.7. The maximum Gasteiger partial charge on any atom is 0.150 e. The van der Waals surface area contributed by atoms with Crippen molar-refractivity contribution in [2.75, 3.05) is 24.7 Å². The Kier molecular flexibility index (Phi) is 7.75. The molecule has 1 aromatic rings. The van der Waals surface area contributed by atoms with E-state index >= 15 is 0 Å². The van der Waals surface area contributed by atoms with Crippen molar-refractivity contribution in [2.24, 2.45) is 0 Å². The van der Waals surface area contributed by atoms with Crippen LogP contribution in [0.4, 0.5) is 0 Å². The van der Waals surface area contributed by atoms with E-state index in [1.54, 1.807) is 6.92 Å². The van der Waals surface area contributed by atoms with Crippen molar-refractivity contribution in [1.82, 2.24) is 5.32 Å². The average Bonchev–Trinajstić information content (AvgIpc) is 2.49. The molecule has 0 heterocycles. The summed E-state index contributed by atoms with van der Waals surface area (Å²) >= 11 is 0. The lowest BCUT2D eigenvalue weighted by Gasteiger charge is -2.18. The molecule has 1 rings (SSSR count). The Morgan fingerprint density at radius 1 is 1.24 bits per heavy atom. The molecule has 0 saturated carbocycles. The van der Waals surface area contributed by atoms with Gasteiger partial charge in [-0.05, 0) is 32.4 Å².